The molecule has 0 unspecified atom stereocenters. The first-order valence-electron chi connectivity index (χ1n) is 5.36. The van der Waals surface area contributed by atoms with Gasteiger partial charge in [0.25, 0.3) is 5.91 Å². The summed E-state index contributed by atoms with van der Waals surface area (Å²) in [6.45, 7) is 0.661. The van der Waals surface area contributed by atoms with Crippen LogP contribution in [0.1, 0.15) is 21.9 Å². The highest BCUT2D eigenvalue weighted by molar-refractivity contribution is 5.91. The third-order valence-electron chi connectivity index (χ3n) is 2.24. The van der Waals surface area contributed by atoms with E-state index in [1.807, 2.05) is 11.5 Å². The number of carbonyl (C=O) groups is 1. The van der Waals surface area contributed by atoms with E-state index in [-0.39, 0.29) is 5.69 Å². The van der Waals surface area contributed by atoms with Crippen LogP contribution in [-0.4, -0.2) is 10.9 Å². The van der Waals surface area contributed by atoms with Crippen molar-refractivity contribution in [1.82, 2.24) is 10.4 Å². The monoisotopic (exact) mass is 247 g/mol. The second-order valence-electron chi connectivity index (χ2n) is 3.56. The van der Waals surface area contributed by atoms with E-state index in [4.69, 9.17) is 15.0 Å². The van der Waals surface area contributed by atoms with Crippen molar-refractivity contribution >= 4 is 5.91 Å². The molecule has 0 aliphatic heterocycles. The lowest BCUT2D eigenvalue weighted by atomic mass is 10.3. The first-order chi connectivity index (χ1) is 8.79. The molecule has 2 aromatic rings. The van der Waals surface area contributed by atoms with Crippen molar-refractivity contribution in [2.24, 2.45) is 5.84 Å². The number of hydrogen-bond acceptors (Lipinski definition) is 5. The zero-order valence-electron chi connectivity index (χ0n) is 9.63. The van der Waals surface area contributed by atoms with Crippen LogP contribution in [0.2, 0.25) is 0 Å². The Bertz CT molecular complexity index is 511. The van der Waals surface area contributed by atoms with E-state index in [1.165, 1.54) is 0 Å². The number of rotatable bonds is 5. The van der Waals surface area contributed by atoms with E-state index < -0.39 is 5.91 Å². The van der Waals surface area contributed by atoms with Crippen LogP contribution < -0.4 is 11.3 Å². The van der Waals surface area contributed by atoms with Crippen molar-refractivity contribution in [3.8, 4) is 0 Å². The Morgan fingerprint density at radius 3 is 2.94 bits per heavy atom. The number of nitrogen functional groups attached to an aromatic ring is 1. The second-order valence-corrected chi connectivity index (χ2v) is 3.56. The number of pyridine rings is 1. The van der Waals surface area contributed by atoms with Crippen LogP contribution in [0.15, 0.2) is 41.0 Å². The molecular formula is C12H13N3O3. The normalized spacial score (nSPS) is 10.3. The Morgan fingerprint density at radius 2 is 2.22 bits per heavy atom. The summed E-state index contributed by atoms with van der Waals surface area (Å²) in [5.74, 6) is 5.35. The van der Waals surface area contributed by atoms with Gasteiger partial charge in [-0.15, -0.1) is 0 Å². The number of nitrogens with two attached hydrogens (primary N) is 1. The van der Waals surface area contributed by atoms with Crippen molar-refractivity contribution in [3.05, 3.63) is 53.7 Å². The molecule has 94 valence electrons. The average molecular weight is 247 g/mol. The number of aromatic nitrogens is 1. The number of nitrogens with one attached hydrogen (secondary N) is 1. The van der Waals surface area contributed by atoms with Crippen molar-refractivity contribution in [1.29, 1.82) is 0 Å². The SMILES string of the molecule is NNC(=O)c1cccc(COCc2ccco2)n1. The highest BCUT2D eigenvalue weighted by Gasteiger charge is 2.06. The summed E-state index contributed by atoms with van der Waals surface area (Å²) in [5.41, 5.74) is 2.95. The van der Waals surface area contributed by atoms with Crippen molar-refractivity contribution in [3.63, 3.8) is 0 Å². The predicted octanol–water partition coefficient (Wildman–Crippen LogP) is 0.995. The van der Waals surface area contributed by atoms with Gasteiger partial charge in [-0.1, -0.05) is 6.07 Å². The molecule has 0 fully saturated rings. The minimum atomic E-state index is -0.428. The predicted molar refractivity (Wildman–Crippen MR) is 63.1 cm³/mol. The Balaban J connectivity index is 1.91. The minimum Gasteiger partial charge on any atom is -0.467 e. The molecule has 2 rings (SSSR count). The minimum absolute atomic E-state index is 0.261. The lowest BCUT2D eigenvalue weighted by molar-refractivity contribution is 0.0894. The van der Waals surface area contributed by atoms with E-state index in [9.17, 15) is 4.79 Å². The fourth-order valence-corrected chi connectivity index (χ4v) is 1.41. The molecular weight excluding hydrogens is 234 g/mol. The molecule has 0 atom stereocenters. The molecule has 0 bridgehead atoms. The maximum Gasteiger partial charge on any atom is 0.283 e. The molecule has 0 radical (unpaired) electrons. The summed E-state index contributed by atoms with van der Waals surface area (Å²) < 4.78 is 10.5. The summed E-state index contributed by atoms with van der Waals surface area (Å²) in [6.07, 6.45) is 1.59. The Kier molecular flexibility index (Phi) is 4.06. The van der Waals surface area contributed by atoms with Crippen LogP contribution in [0.4, 0.5) is 0 Å². The fourth-order valence-electron chi connectivity index (χ4n) is 1.41. The molecule has 0 saturated carbocycles. The lowest BCUT2D eigenvalue weighted by Gasteiger charge is -2.04. The Labute approximate surface area is 104 Å². The van der Waals surface area contributed by atoms with Crippen LogP contribution >= 0.6 is 0 Å². The number of furan rings is 1. The molecule has 0 spiro atoms. The molecule has 1 amide bonds. The lowest BCUT2D eigenvalue weighted by Crippen LogP contribution is -2.30. The van der Waals surface area contributed by atoms with E-state index >= 15 is 0 Å². The van der Waals surface area contributed by atoms with Crippen LogP contribution in [0, 0.1) is 0 Å². The van der Waals surface area contributed by atoms with Gasteiger partial charge in [0.1, 0.15) is 18.1 Å². The van der Waals surface area contributed by atoms with Crippen LogP contribution in [0.3, 0.4) is 0 Å². The molecule has 0 saturated heterocycles. The molecule has 3 N–H and O–H groups in total. The molecule has 2 aromatic heterocycles. The van der Waals surface area contributed by atoms with Crippen molar-refractivity contribution in [2.45, 2.75) is 13.2 Å². The van der Waals surface area contributed by atoms with Gasteiger partial charge in [0, 0.05) is 0 Å². The fraction of sp³-hybridized carbons (Fsp3) is 0.167. The van der Waals surface area contributed by atoms with Gasteiger partial charge < -0.3 is 9.15 Å². The zero-order valence-corrected chi connectivity index (χ0v) is 9.63. The summed E-state index contributed by atoms with van der Waals surface area (Å²) in [7, 11) is 0. The number of amides is 1. The van der Waals surface area contributed by atoms with Crippen LogP contribution in [0.25, 0.3) is 0 Å². The molecule has 0 aliphatic rings. The standard InChI is InChI=1S/C12H13N3O3/c13-15-12(16)11-5-1-3-9(14-11)7-17-8-10-4-2-6-18-10/h1-6H,7-8,13H2,(H,15,16). The van der Waals surface area contributed by atoms with E-state index in [0.29, 0.717) is 18.9 Å². The van der Waals surface area contributed by atoms with E-state index in [0.717, 1.165) is 5.76 Å². The van der Waals surface area contributed by atoms with Gasteiger partial charge >= 0.3 is 0 Å². The van der Waals surface area contributed by atoms with Gasteiger partial charge in [0.05, 0.1) is 18.6 Å². The third kappa shape index (κ3) is 3.16. The van der Waals surface area contributed by atoms with Gasteiger partial charge in [-0.3, -0.25) is 10.2 Å². The van der Waals surface area contributed by atoms with Crippen LogP contribution in [0.5, 0.6) is 0 Å². The number of hydrazine groups is 1. The van der Waals surface area contributed by atoms with Gasteiger partial charge in [-0.2, -0.15) is 0 Å². The Morgan fingerprint density at radius 1 is 1.33 bits per heavy atom. The van der Waals surface area contributed by atoms with Crippen LogP contribution in [-0.2, 0) is 18.0 Å². The number of carbonyl (C=O) groups excluding carboxylic acids is 1. The summed E-state index contributed by atoms with van der Waals surface area (Å²) in [6, 6.07) is 8.70. The summed E-state index contributed by atoms with van der Waals surface area (Å²) in [4.78, 5) is 15.4. The third-order valence-corrected chi connectivity index (χ3v) is 2.24. The van der Waals surface area contributed by atoms with Crippen molar-refractivity contribution in [2.75, 3.05) is 0 Å². The highest BCUT2D eigenvalue weighted by atomic mass is 16.5. The first kappa shape index (κ1) is 12.3. The summed E-state index contributed by atoms with van der Waals surface area (Å²) in [5, 5.41) is 0. The topological polar surface area (TPSA) is 90.4 Å². The zero-order chi connectivity index (χ0) is 12.8. The number of nitrogens with zero attached hydrogens (tertiary/aromatic N) is 1. The molecule has 6 heteroatoms. The molecule has 0 aliphatic carbocycles. The van der Waals surface area contributed by atoms with Gasteiger partial charge in [0.15, 0.2) is 0 Å². The number of ether oxygens (including phenoxy) is 1. The number of hydrogen-bond donors (Lipinski definition) is 2. The first-order valence-corrected chi connectivity index (χ1v) is 5.36. The Hall–Kier alpha value is -2.18. The van der Waals surface area contributed by atoms with E-state index in [1.54, 1.807) is 30.5 Å². The molecule has 6 nitrogen and oxygen atoms in total. The largest absolute Gasteiger partial charge is 0.467 e. The molecule has 2 heterocycles. The van der Waals surface area contributed by atoms with Crippen molar-refractivity contribution < 1.29 is 13.9 Å². The van der Waals surface area contributed by atoms with E-state index in [2.05, 4.69) is 4.98 Å². The molecule has 0 aromatic carbocycles. The highest BCUT2D eigenvalue weighted by Crippen LogP contribution is 2.05. The second kappa shape index (κ2) is 5.95. The van der Waals surface area contributed by atoms with Gasteiger partial charge in [-0.25, -0.2) is 10.8 Å². The molecule has 18 heavy (non-hydrogen) atoms. The van der Waals surface area contributed by atoms with Gasteiger partial charge in [-0.05, 0) is 24.3 Å². The smallest absolute Gasteiger partial charge is 0.283 e. The van der Waals surface area contributed by atoms with Gasteiger partial charge in [0.2, 0.25) is 0 Å². The quantitative estimate of drug-likeness (QED) is 0.467. The summed E-state index contributed by atoms with van der Waals surface area (Å²) >= 11 is 0. The maximum atomic E-state index is 11.3. The average Bonchev–Trinajstić information content (AvgIpc) is 2.91. The maximum absolute atomic E-state index is 11.3.